The first-order chi connectivity index (χ1) is 8.11. The number of hydrogen-bond acceptors (Lipinski definition) is 4. The predicted octanol–water partition coefficient (Wildman–Crippen LogP) is 0.916. The molecule has 2 aromatic rings. The molecule has 0 fully saturated rings. The van der Waals surface area contributed by atoms with E-state index in [1.807, 2.05) is 0 Å². The number of nitrogens with one attached hydrogen (secondary N) is 1. The molecular formula is C12H14N2O3. The summed E-state index contributed by atoms with van der Waals surface area (Å²) in [4.78, 5) is 14.3. The van der Waals surface area contributed by atoms with Gasteiger partial charge in [-0.25, -0.2) is 0 Å². The molecule has 17 heavy (non-hydrogen) atoms. The zero-order valence-corrected chi connectivity index (χ0v) is 9.43. The third-order valence-corrected chi connectivity index (χ3v) is 2.69. The van der Waals surface area contributed by atoms with Crippen LogP contribution in [-0.4, -0.2) is 29.2 Å². The number of ether oxygens (including phenoxy) is 1. The van der Waals surface area contributed by atoms with Gasteiger partial charge in [-0.3, -0.25) is 4.79 Å². The molecule has 4 N–H and O–H groups in total. The van der Waals surface area contributed by atoms with E-state index in [2.05, 4.69) is 9.72 Å². The predicted molar refractivity (Wildman–Crippen MR) is 63.7 cm³/mol. The fraction of sp³-hybridized carbons (Fsp3) is 0.250. The van der Waals surface area contributed by atoms with E-state index in [9.17, 15) is 9.90 Å². The lowest BCUT2D eigenvalue weighted by Crippen LogP contribution is -2.33. The number of aromatic hydroxyl groups is 1. The normalized spacial score (nSPS) is 12.6. The number of aromatic nitrogens is 1. The summed E-state index contributed by atoms with van der Waals surface area (Å²) in [6, 6.07) is 4.35. The van der Waals surface area contributed by atoms with Gasteiger partial charge in [0.1, 0.15) is 11.8 Å². The maximum Gasteiger partial charge on any atom is 0.322 e. The molecule has 1 atom stereocenters. The van der Waals surface area contributed by atoms with Crippen molar-refractivity contribution < 1.29 is 14.6 Å². The number of hydrogen-bond donors (Lipinski definition) is 3. The number of phenolic OH excluding ortho intramolecular Hbond substituents is 1. The summed E-state index contributed by atoms with van der Waals surface area (Å²) in [5.74, 6) is -0.235. The average Bonchev–Trinajstić information content (AvgIpc) is 2.70. The van der Waals surface area contributed by atoms with Gasteiger partial charge < -0.3 is 20.6 Å². The summed E-state index contributed by atoms with van der Waals surface area (Å²) >= 11 is 0. The maximum atomic E-state index is 11.2. The molecular weight excluding hydrogens is 220 g/mol. The van der Waals surface area contributed by atoms with Gasteiger partial charge in [0.05, 0.1) is 7.11 Å². The lowest BCUT2D eigenvalue weighted by Gasteiger charge is -2.07. The van der Waals surface area contributed by atoms with E-state index >= 15 is 0 Å². The number of aromatic amines is 1. The van der Waals surface area contributed by atoms with Crippen molar-refractivity contribution in [1.82, 2.24) is 4.98 Å². The smallest absolute Gasteiger partial charge is 0.322 e. The SMILES string of the molecule is COC(=O)C(N)Cc1c[nH]c2cc(O)ccc12. The molecule has 0 aliphatic heterocycles. The van der Waals surface area contributed by atoms with Crippen molar-refractivity contribution in [3.63, 3.8) is 0 Å². The van der Waals surface area contributed by atoms with Crippen LogP contribution in [0.3, 0.4) is 0 Å². The largest absolute Gasteiger partial charge is 0.508 e. The summed E-state index contributed by atoms with van der Waals surface area (Å²) in [5, 5.41) is 10.3. The van der Waals surface area contributed by atoms with E-state index in [0.29, 0.717) is 6.42 Å². The number of carbonyl (C=O) groups is 1. The lowest BCUT2D eigenvalue weighted by atomic mass is 10.1. The summed E-state index contributed by atoms with van der Waals surface area (Å²) in [5.41, 5.74) is 7.45. The van der Waals surface area contributed by atoms with Gasteiger partial charge >= 0.3 is 5.97 Å². The molecule has 2 rings (SSSR count). The zero-order chi connectivity index (χ0) is 12.4. The molecule has 0 radical (unpaired) electrons. The molecule has 5 nitrogen and oxygen atoms in total. The van der Waals surface area contributed by atoms with Crippen LogP contribution in [0.5, 0.6) is 5.75 Å². The number of methoxy groups -OCH3 is 1. The van der Waals surface area contributed by atoms with Crippen molar-refractivity contribution in [3.8, 4) is 5.75 Å². The quantitative estimate of drug-likeness (QED) is 0.689. The Morgan fingerprint density at radius 2 is 2.35 bits per heavy atom. The van der Waals surface area contributed by atoms with Crippen molar-refractivity contribution in [2.45, 2.75) is 12.5 Å². The minimum atomic E-state index is -0.673. The first-order valence-electron chi connectivity index (χ1n) is 5.24. The molecule has 1 heterocycles. The minimum Gasteiger partial charge on any atom is -0.508 e. The van der Waals surface area contributed by atoms with Crippen LogP contribution in [0.15, 0.2) is 24.4 Å². The van der Waals surface area contributed by atoms with Gasteiger partial charge in [0.15, 0.2) is 0 Å². The summed E-state index contributed by atoms with van der Waals surface area (Å²) in [6.07, 6.45) is 2.18. The Morgan fingerprint density at radius 1 is 1.59 bits per heavy atom. The van der Waals surface area contributed by atoms with Gasteiger partial charge in [-0.05, 0) is 17.7 Å². The molecule has 0 saturated heterocycles. The van der Waals surface area contributed by atoms with Gasteiger partial charge in [0.25, 0.3) is 0 Å². The molecule has 5 heteroatoms. The van der Waals surface area contributed by atoms with Crippen LogP contribution in [-0.2, 0) is 16.0 Å². The van der Waals surface area contributed by atoms with Crippen molar-refractivity contribution in [3.05, 3.63) is 30.0 Å². The molecule has 0 amide bonds. The van der Waals surface area contributed by atoms with Crippen molar-refractivity contribution in [2.75, 3.05) is 7.11 Å². The number of H-pyrrole nitrogens is 1. The van der Waals surface area contributed by atoms with Crippen molar-refractivity contribution >= 4 is 16.9 Å². The number of carbonyl (C=O) groups excluding carboxylic acids is 1. The zero-order valence-electron chi connectivity index (χ0n) is 9.43. The lowest BCUT2D eigenvalue weighted by molar-refractivity contribution is -0.142. The molecule has 0 aliphatic carbocycles. The molecule has 90 valence electrons. The fourth-order valence-corrected chi connectivity index (χ4v) is 1.81. The Hall–Kier alpha value is -2.01. The van der Waals surface area contributed by atoms with Crippen LogP contribution in [0.4, 0.5) is 0 Å². The number of fused-ring (bicyclic) bond motifs is 1. The van der Waals surface area contributed by atoms with E-state index in [1.54, 1.807) is 24.4 Å². The molecule has 1 unspecified atom stereocenters. The Balaban J connectivity index is 2.28. The van der Waals surface area contributed by atoms with Gasteiger partial charge in [-0.2, -0.15) is 0 Å². The molecule has 0 saturated carbocycles. The van der Waals surface area contributed by atoms with Crippen LogP contribution in [0.1, 0.15) is 5.56 Å². The van der Waals surface area contributed by atoms with Gasteiger partial charge in [-0.15, -0.1) is 0 Å². The van der Waals surface area contributed by atoms with Crippen molar-refractivity contribution in [1.29, 1.82) is 0 Å². The van der Waals surface area contributed by atoms with Gasteiger partial charge in [0, 0.05) is 29.6 Å². The summed E-state index contributed by atoms with van der Waals surface area (Å²) in [6.45, 7) is 0. The molecule has 0 aliphatic rings. The highest BCUT2D eigenvalue weighted by Gasteiger charge is 2.16. The second kappa shape index (κ2) is 4.47. The van der Waals surface area contributed by atoms with E-state index in [-0.39, 0.29) is 5.75 Å². The highest BCUT2D eigenvalue weighted by atomic mass is 16.5. The highest BCUT2D eigenvalue weighted by molar-refractivity contribution is 5.85. The fourth-order valence-electron chi connectivity index (χ4n) is 1.81. The van der Waals surface area contributed by atoms with E-state index in [0.717, 1.165) is 16.5 Å². The van der Waals surface area contributed by atoms with Gasteiger partial charge in [-0.1, -0.05) is 0 Å². The van der Waals surface area contributed by atoms with Crippen LogP contribution in [0, 0.1) is 0 Å². The number of rotatable bonds is 3. The second-order valence-electron chi connectivity index (χ2n) is 3.88. The first kappa shape index (κ1) is 11.5. The van der Waals surface area contributed by atoms with E-state index in [4.69, 9.17) is 5.73 Å². The summed E-state index contributed by atoms with van der Waals surface area (Å²) < 4.78 is 4.58. The number of esters is 1. The minimum absolute atomic E-state index is 0.197. The standard InChI is InChI=1S/C12H14N2O3/c1-17-12(16)10(13)4-7-6-14-11-5-8(15)2-3-9(7)11/h2-3,5-6,10,14-15H,4,13H2,1H3. The Bertz CT molecular complexity index is 548. The van der Waals surface area contributed by atoms with Crippen LogP contribution in [0.2, 0.25) is 0 Å². The number of phenols is 1. The van der Waals surface area contributed by atoms with Crippen LogP contribution in [0.25, 0.3) is 10.9 Å². The maximum absolute atomic E-state index is 11.2. The Labute approximate surface area is 98.2 Å². The third kappa shape index (κ3) is 2.24. The first-order valence-corrected chi connectivity index (χ1v) is 5.24. The second-order valence-corrected chi connectivity index (χ2v) is 3.88. The number of benzene rings is 1. The molecule has 1 aromatic heterocycles. The highest BCUT2D eigenvalue weighted by Crippen LogP contribution is 2.23. The van der Waals surface area contributed by atoms with Crippen LogP contribution >= 0.6 is 0 Å². The van der Waals surface area contributed by atoms with E-state index < -0.39 is 12.0 Å². The Morgan fingerprint density at radius 3 is 3.06 bits per heavy atom. The Kier molecular flexibility index (Phi) is 3.01. The monoisotopic (exact) mass is 234 g/mol. The van der Waals surface area contributed by atoms with Gasteiger partial charge in [0.2, 0.25) is 0 Å². The summed E-state index contributed by atoms with van der Waals surface area (Å²) in [7, 11) is 1.31. The third-order valence-electron chi connectivity index (χ3n) is 2.69. The molecule has 1 aromatic carbocycles. The van der Waals surface area contributed by atoms with E-state index in [1.165, 1.54) is 7.11 Å². The average molecular weight is 234 g/mol. The van der Waals surface area contributed by atoms with Crippen molar-refractivity contribution in [2.24, 2.45) is 5.73 Å². The molecule has 0 bridgehead atoms. The van der Waals surface area contributed by atoms with Crippen LogP contribution < -0.4 is 5.73 Å². The number of nitrogens with two attached hydrogens (primary N) is 1. The topological polar surface area (TPSA) is 88.3 Å². The molecule has 0 spiro atoms.